The van der Waals surface area contributed by atoms with Gasteiger partial charge in [0.15, 0.2) is 0 Å². The molecule has 3 rings (SSSR count). The predicted molar refractivity (Wildman–Crippen MR) is 195 cm³/mol. The molecular formula is C42H73NO3. The van der Waals surface area contributed by atoms with Crippen molar-refractivity contribution in [3.63, 3.8) is 0 Å². The average Bonchev–Trinajstić information content (AvgIpc) is 3.45. The number of cyclic esters (lactones) is 1. The van der Waals surface area contributed by atoms with Crippen LogP contribution >= 0.6 is 0 Å². The molecule has 0 N–H and O–H groups in total. The van der Waals surface area contributed by atoms with Crippen molar-refractivity contribution in [2.75, 3.05) is 6.61 Å². The Morgan fingerprint density at radius 3 is 1.43 bits per heavy atom. The van der Waals surface area contributed by atoms with Crippen molar-refractivity contribution in [1.29, 1.82) is 0 Å². The Morgan fingerprint density at radius 1 is 0.565 bits per heavy atom. The van der Waals surface area contributed by atoms with Gasteiger partial charge in [-0.25, -0.2) is 0 Å². The van der Waals surface area contributed by atoms with E-state index in [-0.39, 0.29) is 30.4 Å². The number of carbonyl (C=O) groups is 1. The van der Waals surface area contributed by atoms with Crippen LogP contribution in [0.2, 0.25) is 0 Å². The van der Waals surface area contributed by atoms with E-state index in [1.54, 1.807) is 0 Å². The number of fused-ring (bicyclic) bond motifs is 1. The maximum atomic E-state index is 13.2. The molecule has 46 heavy (non-hydrogen) atoms. The van der Waals surface area contributed by atoms with Crippen LogP contribution in [0.3, 0.4) is 0 Å². The molecule has 4 atom stereocenters. The summed E-state index contributed by atoms with van der Waals surface area (Å²) in [5.41, 5.74) is 1.24. The standard InChI is InChI=1S/C42H73NO3/c1-3-5-7-9-11-13-15-17-19-21-23-25-30-34-39-41-42(44)45-36-38(37-32-28-27-29-33-37)43(41)40(46-39)35-31-26-24-22-20-18-16-14-12-10-8-6-4-2/h27-29,32-33,38-41H,3-26,30-31,34-36H2,1-2H3/t38-,39-,40+,41+/m0/s1. The van der Waals surface area contributed by atoms with Crippen molar-refractivity contribution in [3.05, 3.63) is 35.9 Å². The van der Waals surface area contributed by atoms with Gasteiger partial charge in [0.1, 0.15) is 18.9 Å². The summed E-state index contributed by atoms with van der Waals surface area (Å²) in [5.74, 6) is -0.0697. The average molecular weight is 640 g/mol. The number of esters is 1. The molecular weight excluding hydrogens is 566 g/mol. The summed E-state index contributed by atoms with van der Waals surface area (Å²) in [5, 5.41) is 0. The number of ether oxygens (including phenoxy) is 2. The molecule has 0 saturated carbocycles. The van der Waals surface area contributed by atoms with Crippen molar-refractivity contribution < 1.29 is 14.3 Å². The molecule has 4 heteroatoms. The van der Waals surface area contributed by atoms with Gasteiger partial charge in [0.05, 0.1) is 12.1 Å². The largest absolute Gasteiger partial charge is 0.462 e. The van der Waals surface area contributed by atoms with Crippen LogP contribution in [0.5, 0.6) is 0 Å². The van der Waals surface area contributed by atoms with Gasteiger partial charge >= 0.3 is 5.97 Å². The first kappa shape index (κ1) is 39.1. The zero-order valence-electron chi connectivity index (χ0n) is 30.4. The van der Waals surface area contributed by atoms with Crippen LogP contribution in [-0.2, 0) is 14.3 Å². The zero-order valence-corrected chi connectivity index (χ0v) is 30.4. The molecule has 2 aliphatic heterocycles. The van der Waals surface area contributed by atoms with Gasteiger partial charge in [0, 0.05) is 0 Å². The maximum Gasteiger partial charge on any atom is 0.326 e. The Kier molecular flexibility index (Phi) is 21.7. The molecule has 0 aromatic heterocycles. The summed E-state index contributed by atoms with van der Waals surface area (Å²) < 4.78 is 12.6. The first-order valence-electron chi connectivity index (χ1n) is 20.4. The Morgan fingerprint density at radius 2 is 0.978 bits per heavy atom. The Labute approximate surface area is 285 Å². The zero-order chi connectivity index (χ0) is 32.5. The smallest absolute Gasteiger partial charge is 0.326 e. The molecule has 0 aliphatic carbocycles. The van der Waals surface area contributed by atoms with Gasteiger partial charge in [-0.15, -0.1) is 0 Å². The van der Waals surface area contributed by atoms with Crippen LogP contribution in [0, 0.1) is 0 Å². The molecule has 0 bridgehead atoms. The fraction of sp³-hybridized carbons (Fsp3) is 0.833. The van der Waals surface area contributed by atoms with Crippen molar-refractivity contribution in [3.8, 4) is 0 Å². The molecule has 1 aromatic carbocycles. The summed E-state index contributed by atoms with van der Waals surface area (Å²) in [7, 11) is 0. The molecule has 2 aliphatic rings. The predicted octanol–water partition coefficient (Wildman–Crippen LogP) is 12.6. The highest BCUT2D eigenvalue weighted by atomic mass is 16.6. The summed E-state index contributed by atoms with van der Waals surface area (Å²) in [6.45, 7) is 5.02. The maximum absolute atomic E-state index is 13.2. The van der Waals surface area contributed by atoms with E-state index in [0.717, 1.165) is 19.3 Å². The van der Waals surface area contributed by atoms with Crippen molar-refractivity contribution in [2.24, 2.45) is 0 Å². The van der Waals surface area contributed by atoms with Crippen LogP contribution in [0.25, 0.3) is 0 Å². The van der Waals surface area contributed by atoms with Crippen LogP contribution in [0.15, 0.2) is 30.3 Å². The number of rotatable bonds is 29. The minimum absolute atomic E-state index is 0.0164. The molecule has 0 radical (unpaired) electrons. The Bertz CT molecular complexity index is 860. The van der Waals surface area contributed by atoms with Crippen molar-refractivity contribution >= 4 is 5.97 Å². The molecule has 0 unspecified atom stereocenters. The van der Waals surface area contributed by atoms with Gasteiger partial charge < -0.3 is 9.47 Å². The molecule has 2 fully saturated rings. The van der Waals surface area contributed by atoms with Crippen LogP contribution in [0.4, 0.5) is 0 Å². The number of nitrogens with zero attached hydrogens (tertiary/aromatic N) is 1. The number of hydrogen-bond acceptors (Lipinski definition) is 4. The van der Waals surface area contributed by atoms with Gasteiger partial charge in [0.2, 0.25) is 0 Å². The van der Waals surface area contributed by atoms with Gasteiger partial charge in [-0.1, -0.05) is 205 Å². The normalized spacial score (nSPS) is 21.5. The van der Waals surface area contributed by atoms with Crippen molar-refractivity contribution in [2.45, 2.75) is 218 Å². The number of morpholine rings is 1. The first-order chi connectivity index (χ1) is 22.8. The van der Waals surface area contributed by atoms with E-state index in [9.17, 15) is 4.79 Å². The van der Waals surface area contributed by atoms with E-state index < -0.39 is 0 Å². The van der Waals surface area contributed by atoms with E-state index in [1.807, 2.05) is 0 Å². The molecule has 264 valence electrons. The van der Waals surface area contributed by atoms with Gasteiger partial charge in [-0.3, -0.25) is 9.69 Å². The Hall–Kier alpha value is -1.39. The lowest BCUT2D eigenvalue weighted by molar-refractivity contribution is -0.163. The fourth-order valence-corrected chi connectivity index (χ4v) is 7.80. The second kappa shape index (κ2) is 25.6. The minimum atomic E-state index is -0.261. The Balaban J connectivity index is 1.35. The van der Waals surface area contributed by atoms with Crippen molar-refractivity contribution in [1.82, 2.24) is 4.90 Å². The lowest BCUT2D eigenvalue weighted by Crippen LogP contribution is -2.52. The second-order valence-corrected chi connectivity index (χ2v) is 14.6. The van der Waals surface area contributed by atoms with E-state index in [4.69, 9.17) is 9.47 Å². The highest BCUT2D eigenvalue weighted by Crippen LogP contribution is 2.40. The molecule has 1 aromatic rings. The van der Waals surface area contributed by atoms with Gasteiger partial charge in [-0.05, 0) is 24.8 Å². The fourth-order valence-electron chi connectivity index (χ4n) is 7.80. The lowest BCUT2D eigenvalue weighted by atomic mass is 9.97. The van der Waals surface area contributed by atoms with E-state index in [0.29, 0.717) is 6.61 Å². The third-order valence-electron chi connectivity index (χ3n) is 10.7. The molecule has 0 amide bonds. The van der Waals surface area contributed by atoms with Crippen LogP contribution in [-0.4, -0.2) is 35.8 Å². The summed E-state index contributed by atoms with van der Waals surface area (Å²) in [6, 6.07) is 10.5. The highest BCUT2D eigenvalue weighted by Gasteiger charge is 2.52. The summed E-state index contributed by atoms with van der Waals surface area (Å²) in [4.78, 5) is 15.6. The monoisotopic (exact) mass is 640 g/mol. The SMILES string of the molecule is CCCCCCCCCCCCCCC[C@@H]1O[C@H](CCCCCCCCCCCCCCC)N2[C@H](c3ccccc3)COC(=O)[C@@H]12. The second-order valence-electron chi connectivity index (χ2n) is 14.6. The quantitative estimate of drug-likeness (QED) is 0.0646. The summed E-state index contributed by atoms with van der Waals surface area (Å²) >= 11 is 0. The molecule has 4 nitrogen and oxygen atoms in total. The third kappa shape index (κ3) is 15.2. The van der Waals surface area contributed by atoms with E-state index in [2.05, 4.69) is 49.1 Å². The topological polar surface area (TPSA) is 38.8 Å². The van der Waals surface area contributed by atoms with Gasteiger partial charge in [-0.2, -0.15) is 0 Å². The number of unbranched alkanes of at least 4 members (excludes halogenated alkanes) is 24. The van der Waals surface area contributed by atoms with E-state index >= 15 is 0 Å². The first-order valence-corrected chi connectivity index (χ1v) is 20.4. The van der Waals surface area contributed by atoms with E-state index in [1.165, 1.54) is 166 Å². The van der Waals surface area contributed by atoms with Crippen LogP contribution < -0.4 is 0 Å². The minimum Gasteiger partial charge on any atom is -0.462 e. The lowest BCUT2D eigenvalue weighted by Gasteiger charge is -2.39. The van der Waals surface area contributed by atoms with Crippen LogP contribution in [0.1, 0.15) is 205 Å². The highest BCUT2D eigenvalue weighted by molar-refractivity contribution is 5.78. The molecule has 2 heterocycles. The molecule has 2 saturated heterocycles. The number of carbonyl (C=O) groups excluding carboxylic acids is 1. The number of hydrogen-bond donors (Lipinski definition) is 0. The summed E-state index contributed by atoms with van der Waals surface area (Å²) in [6.07, 6.45) is 37.3. The molecule has 0 spiro atoms. The van der Waals surface area contributed by atoms with Gasteiger partial charge in [0.25, 0.3) is 0 Å². The third-order valence-corrected chi connectivity index (χ3v) is 10.7. The number of benzene rings is 1.